The van der Waals surface area contributed by atoms with Gasteiger partial charge in [0.15, 0.2) is 0 Å². The quantitative estimate of drug-likeness (QED) is 0.813. The van der Waals surface area contributed by atoms with E-state index in [0.717, 1.165) is 5.75 Å². The van der Waals surface area contributed by atoms with E-state index in [1.54, 1.807) is 0 Å². The number of halogens is 1. The van der Waals surface area contributed by atoms with Crippen LogP contribution in [0.4, 0.5) is 0 Å². The number of rotatable bonds is 3. The van der Waals surface area contributed by atoms with E-state index in [9.17, 15) is 0 Å². The van der Waals surface area contributed by atoms with Crippen LogP contribution in [0.5, 0.6) is 5.75 Å². The fourth-order valence-corrected chi connectivity index (χ4v) is 0.980. The molecule has 0 aliphatic rings. The lowest BCUT2D eigenvalue weighted by molar-refractivity contribution is 0.328. The molecule has 0 fully saturated rings. The molecular weight excluding hydrogens is 186 g/mol. The minimum atomic E-state index is 0. The number of benzene rings is 1. The second kappa shape index (κ2) is 5.84. The molecule has 74 valence electrons. The van der Waals surface area contributed by atoms with Crippen molar-refractivity contribution in [2.24, 2.45) is 5.73 Å². The minimum absolute atomic E-state index is 0. The molecule has 0 amide bonds. The molecule has 0 aliphatic heterocycles. The van der Waals surface area contributed by atoms with Crippen molar-refractivity contribution in [2.75, 3.05) is 13.2 Å². The molecule has 0 bridgehead atoms. The van der Waals surface area contributed by atoms with E-state index >= 15 is 0 Å². The molecule has 0 atom stereocenters. The highest BCUT2D eigenvalue weighted by Gasteiger charge is 1.95. The van der Waals surface area contributed by atoms with Crippen molar-refractivity contribution in [2.45, 2.75) is 13.8 Å². The molecule has 2 nitrogen and oxygen atoms in total. The Morgan fingerprint density at radius 2 is 1.92 bits per heavy atom. The highest BCUT2D eigenvalue weighted by Crippen LogP contribution is 2.15. The highest BCUT2D eigenvalue weighted by atomic mass is 35.5. The maximum absolute atomic E-state index is 5.37. The molecule has 3 heteroatoms. The average Bonchev–Trinajstić information content (AvgIpc) is 2.07. The lowest BCUT2D eigenvalue weighted by Gasteiger charge is -2.06. The van der Waals surface area contributed by atoms with E-state index in [1.807, 2.05) is 12.1 Å². The van der Waals surface area contributed by atoms with Gasteiger partial charge in [-0.15, -0.1) is 12.4 Å². The van der Waals surface area contributed by atoms with Gasteiger partial charge in [-0.25, -0.2) is 0 Å². The predicted molar refractivity (Wildman–Crippen MR) is 57.7 cm³/mol. The molecule has 0 saturated carbocycles. The molecule has 0 radical (unpaired) electrons. The van der Waals surface area contributed by atoms with Crippen molar-refractivity contribution in [1.29, 1.82) is 0 Å². The minimum Gasteiger partial charge on any atom is -0.492 e. The Hall–Kier alpha value is -0.730. The lowest BCUT2D eigenvalue weighted by Crippen LogP contribution is -2.10. The average molecular weight is 202 g/mol. The van der Waals surface area contributed by atoms with Crippen LogP contribution in [0.25, 0.3) is 0 Å². The monoisotopic (exact) mass is 201 g/mol. The van der Waals surface area contributed by atoms with Crippen molar-refractivity contribution in [3.05, 3.63) is 29.3 Å². The predicted octanol–water partition coefficient (Wildman–Crippen LogP) is 2.06. The van der Waals surface area contributed by atoms with Crippen molar-refractivity contribution in [3.8, 4) is 5.75 Å². The van der Waals surface area contributed by atoms with Crippen LogP contribution in [-0.4, -0.2) is 13.2 Å². The summed E-state index contributed by atoms with van der Waals surface area (Å²) >= 11 is 0. The van der Waals surface area contributed by atoms with Crippen LogP contribution >= 0.6 is 12.4 Å². The molecule has 1 aromatic carbocycles. The zero-order valence-electron chi connectivity index (χ0n) is 8.04. The van der Waals surface area contributed by atoms with Gasteiger partial charge in [0.2, 0.25) is 0 Å². The van der Waals surface area contributed by atoms with Crippen molar-refractivity contribution in [3.63, 3.8) is 0 Å². The Bertz CT molecular complexity index is 263. The summed E-state index contributed by atoms with van der Waals surface area (Å²) in [7, 11) is 0. The molecule has 13 heavy (non-hydrogen) atoms. The number of nitrogens with two attached hydrogens (primary N) is 1. The van der Waals surface area contributed by atoms with Gasteiger partial charge in [0.05, 0.1) is 0 Å². The first-order valence-electron chi connectivity index (χ1n) is 4.14. The van der Waals surface area contributed by atoms with Gasteiger partial charge in [0, 0.05) is 6.54 Å². The van der Waals surface area contributed by atoms with Crippen molar-refractivity contribution >= 4 is 12.4 Å². The molecule has 0 aliphatic carbocycles. The molecule has 1 rings (SSSR count). The molecule has 2 N–H and O–H groups in total. The standard InChI is InChI=1S/C10H15NO.ClH/c1-8-3-4-10(7-9(8)2)12-6-5-11;/h3-4,7H,5-6,11H2,1-2H3;1H. The number of hydrogen-bond donors (Lipinski definition) is 1. The summed E-state index contributed by atoms with van der Waals surface area (Å²) in [5, 5.41) is 0. The topological polar surface area (TPSA) is 35.2 Å². The van der Waals surface area contributed by atoms with Crippen molar-refractivity contribution in [1.82, 2.24) is 0 Å². The summed E-state index contributed by atoms with van der Waals surface area (Å²) in [6.07, 6.45) is 0. The second-order valence-electron chi connectivity index (χ2n) is 2.88. The maximum atomic E-state index is 5.37. The van der Waals surface area contributed by atoms with Gasteiger partial charge in [-0.1, -0.05) is 6.07 Å². The highest BCUT2D eigenvalue weighted by molar-refractivity contribution is 5.85. The fourth-order valence-electron chi connectivity index (χ4n) is 0.980. The first-order valence-corrected chi connectivity index (χ1v) is 4.14. The zero-order valence-corrected chi connectivity index (χ0v) is 8.86. The summed E-state index contributed by atoms with van der Waals surface area (Å²) in [4.78, 5) is 0. The zero-order chi connectivity index (χ0) is 8.97. The largest absolute Gasteiger partial charge is 0.492 e. The Kier molecular flexibility index (Phi) is 5.51. The molecule has 0 unspecified atom stereocenters. The van der Waals surface area contributed by atoms with E-state index in [2.05, 4.69) is 19.9 Å². The summed E-state index contributed by atoms with van der Waals surface area (Å²) in [5.41, 5.74) is 7.86. The van der Waals surface area contributed by atoms with Crippen LogP contribution in [0.15, 0.2) is 18.2 Å². The summed E-state index contributed by atoms with van der Waals surface area (Å²) < 4.78 is 5.37. The Morgan fingerprint density at radius 1 is 1.23 bits per heavy atom. The van der Waals surface area contributed by atoms with E-state index < -0.39 is 0 Å². The first-order chi connectivity index (χ1) is 5.74. The second-order valence-corrected chi connectivity index (χ2v) is 2.88. The number of ether oxygens (including phenoxy) is 1. The molecule has 0 spiro atoms. The third-order valence-corrected chi connectivity index (χ3v) is 1.86. The molecule has 0 heterocycles. The third-order valence-electron chi connectivity index (χ3n) is 1.86. The van der Waals surface area contributed by atoms with Gasteiger partial charge in [-0.3, -0.25) is 0 Å². The molecule has 0 aromatic heterocycles. The SMILES string of the molecule is Cc1ccc(OCCN)cc1C.Cl. The van der Waals surface area contributed by atoms with Crippen LogP contribution in [0.2, 0.25) is 0 Å². The number of aryl methyl sites for hydroxylation is 2. The van der Waals surface area contributed by atoms with E-state index in [0.29, 0.717) is 13.2 Å². The van der Waals surface area contributed by atoms with Gasteiger partial charge in [0.25, 0.3) is 0 Å². The third kappa shape index (κ3) is 3.66. The van der Waals surface area contributed by atoms with E-state index in [1.165, 1.54) is 11.1 Å². The van der Waals surface area contributed by atoms with Gasteiger partial charge in [-0.2, -0.15) is 0 Å². The van der Waals surface area contributed by atoms with Crippen LogP contribution in [0.1, 0.15) is 11.1 Å². The lowest BCUT2D eigenvalue weighted by atomic mass is 10.1. The summed E-state index contributed by atoms with van der Waals surface area (Å²) in [6, 6.07) is 6.06. The van der Waals surface area contributed by atoms with Crippen LogP contribution in [0, 0.1) is 13.8 Å². The first kappa shape index (κ1) is 12.3. The fraction of sp³-hybridized carbons (Fsp3) is 0.400. The van der Waals surface area contributed by atoms with E-state index in [-0.39, 0.29) is 12.4 Å². The van der Waals surface area contributed by atoms with Gasteiger partial charge < -0.3 is 10.5 Å². The van der Waals surface area contributed by atoms with Crippen LogP contribution < -0.4 is 10.5 Å². The van der Waals surface area contributed by atoms with Crippen molar-refractivity contribution < 1.29 is 4.74 Å². The van der Waals surface area contributed by atoms with E-state index in [4.69, 9.17) is 10.5 Å². The maximum Gasteiger partial charge on any atom is 0.119 e. The smallest absolute Gasteiger partial charge is 0.119 e. The Morgan fingerprint density at radius 3 is 2.46 bits per heavy atom. The van der Waals surface area contributed by atoms with Gasteiger partial charge in [-0.05, 0) is 37.1 Å². The molecule has 1 aromatic rings. The molecule has 0 saturated heterocycles. The Balaban J connectivity index is 0.00000144. The van der Waals surface area contributed by atoms with Crippen LogP contribution in [-0.2, 0) is 0 Å². The van der Waals surface area contributed by atoms with Gasteiger partial charge in [0.1, 0.15) is 12.4 Å². The van der Waals surface area contributed by atoms with Gasteiger partial charge >= 0.3 is 0 Å². The normalized spacial score (nSPS) is 9.15. The summed E-state index contributed by atoms with van der Waals surface area (Å²) in [6.45, 7) is 5.31. The summed E-state index contributed by atoms with van der Waals surface area (Å²) in [5.74, 6) is 0.906. The van der Waals surface area contributed by atoms with Crippen LogP contribution in [0.3, 0.4) is 0 Å². The Labute approximate surface area is 85.5 Å². The molecular formula is C10H16ClNO. The number of hydrogen-bond acceptors (Lipinski definition) is 2.